The molecule has 126 valence electrons. The zero-order chi connectivity index (χ0) is 17.5. The monoisotopic (exact) mass is 337 g/mol. The van der Waals surface area contributed by atoms with Crippen molar-refractivity contribution >= 4 is 22.6 Å². The van der Waals surface area contributed by atoms with Crippen molar-refractivity contribution in [3.8, 4) is 0 Å². The Balaban J connectivity index is 1.89. The van der Waals surface area contributed by atoms with Crippen molar-refractivity contribution in [1.29, 1.82) is 0 Å². The molecule has 0 radical (unpaired) electrons. The summed E-state index contributed by atoms with van der Waals surface area (Å²) in [6, 6.07) is 12.2. The lowest BCUT2D eigenvalue weighted by molar-refractivity contribution is -0.227. The van der Waals surface area contributed by atoms with Crippen LogP contribution in [0, 0.1) is 5.41 Å². The van der Waals surface area contributed by atoms with Crippen LogP contribution in [0.1, 0.15) is 16.8 Å². The van der Waals surface area contributed by atoms with Gasteiger partial charge in [0, 0.05) is 18.7 Å². The van der Waals surface area contributed by atoms with Crippen molar-refractivity contribution in [2.45, 2.75) is 12.6 Å². The van der Waals surface area contributed by atoms with Gasteiger partial charge < -0.3 is 10.0 Å². The predicted octanol–water partition coefficient (Wildman–Crippen LogP) is 3.32. The number of aliphatic carboxylic acids is 1. The van der Waals surface area contributed by atoms with E-state index in [1.807, 2.05) is 12.1 Å². The molecule has 0 bridgehead atoms. The molecular weight excluding hydrogens is 323 g/mol. The minimum atomic E-state index is -4.91. The standard InChI is InChI=1S/C17H14F3NO3/c18-17(19,20)16(15(23)24)7-8-21(10-16)14(22)13-6-5-11-3-1-2-4-12(11)9-13/h1-6,9H,7-8,10H2,(H,23,24)/t16-/m0/s1. The van der Waals surface area contributed by atoms with E-state index in [0.717, 1.165) is 15.7 Å². The second-order valence-electron chi connectivity index (χ2n) is 5.92. The Bertz CT molecular complexity index is 818. The minimum Gasteiger partial charge on any atom is -0.481 e. The van der Waals surface area contributed by atoms with E-state index >= 15 is 0 Å². The molecule has 0 spiro atoms. The van der Waals surface area contributed by atoms with Gasteiger partial charge in [-0.15, -0.1) is 0 Å². The topological polar surface area (TPSA) is 57.6 Å². The Hall–Kier alpha value is -2.57. The van der Waals surface area contributed by atoms with Crippen LogP contribution in [0.25, 0.3) is 10.8 Å². The van der Waals surface area contributed by atoms with Gasteiger partial charge in [-0.05, 0) is 29.3 Å². The number of carbonyl (C=O) groups is 2. The number of nitrogens with zero attached hydrogens (tertiary/aromatic N) is 1. The predicted molar refractivity (Wildman–Crippen MR) is 80.6 cm³/mol. The van der Waals surface area contributed by atoms with E-state index in [1.165, 1.54) is 0 Å². The highest BCUT2D eigenvalue weighted by atomic mass is 19.4. The first-order valence-electron chi connectivity index (χ1n) is 7.33. The number of hydrogen-bond donors (Lipinski definition) is 1. The van der Waals surface area contributed by atoms with Crippen LogP contribution in [-0.4, -0.2) is 41.1 Å². The first-order valence-corrected chi connectivity index (χ1v) is 7.33. The number of fused-ring (bicyclic) bond motifs is 1. The zero-order valence-electron chi connectivity index (χ0n) is 12.5. The second kappa shape index (κ2) is 5.51. The second-order valence-corrected chi connectivity index (χ2v) is 5.92. The Morgan fingerprint density at radius 1 is 1.08 bits per heavy atom. The molecule has 1 aliphatic rings. The molecule has 0 aliphatic carbocycles. The summed E-state index contributed by atoms with van der Waals surface area (Å²) >= 11 is 0. The van der Waals surface area contributed by atoms with Crippen molar-refractivity contribution in [2.24, 2.45) is 5.41 Å². The molecule has 7 heteroatoms. The highest BCUT2D eigenvalue weighted by Crippen LogP contribution is 2.46. The lowest BCUT2D eigenvalue weighted by Gasteiger charge is -2.27. The number of halogens is 3. The molecule has 4 nitrogen and oxygen atoms in total. The summed E-state index contributed by atoms with van der Waals surface area (Å²) in [5, 5.41) is 10.8. The van der Waals surface area contributed by atoms with Gasteiger partial charge in [-0.2, -0.15) is 13.2 Å². The van der Waals surface area contributed by atoms with Crippen molar-refractivity contribution < 1.29 is 27.9 Å². The van der Waals surface area contributed by atoms with Gasteiger partial charge in [0.15, 0.2) is 5.41 Å². The molecule has 1 N–H and O–H groups in total. The van der Waals surface area contributed by atoms with Gasteiger partial charge in [0.25, 0.3) is 5.91 Å². The number of likely N-dealkylation sites (tertiary alicyclic amines) is 1. The number of carboxylic acid groups (broad SMARTS) is 1. The number of benzene rings is 2. The van der Waals surface area contributed by atoms with Gasteiger partial charge in [0.1, 0.15) is 0 Å². The summed E-state index contributed by atoms with van der Waals surface area (Å²) in [5.74, 6) is -2.53. The maximum atomic E-state index is 13.2. The molecule has 0 unspecified atom stereocenters. The van der Waals surface area contributed by atoms with Crippen LogP contribution in [0.3, 0.4) is 0 Å². The van der Waals surface area contributed by atoms with Gasteiger partial charge in [-0.1, -0.05) is 30.3 Å². The van der Waals surface area contributed by atoms with Crippen molar-refractivity contribution in [1.82, 2.24) is 4.90 Å². The number of hydrogen-bond acceptors (Lipinski definition) is 2. The summed E-state index contributed by atoms with van der Waals surface area (Å²) in [7, 11) is 0. The van der Waals surface area contributed by atoms with Gasteiger partial charge >= 0.3 is 12.1 Å². The van der Waals surface area contributed by atoms with E-state index in [0.29, 0.717) is 0 Å². The normalized spacial score (nSPS) is 21.2. The third kappa shape index (κ3) is 2.50. The maximum absolute atomic E-state index is 13.2. The summed E-state index contributed by atoms with van der Waals surface area (Å²) in [6.07, 6.45) is -5.54. The van der Waals surface area contributed by atoms with E-state index < -0.39 is 36.4 Å². The lowest BCUT2D eigenvalue weighted by atomic mass is 9.86. The van der Waals surface area contributed by atoms with Crippen molar-refractivity contribution in [3.63, 3.8) is 0 Å². The van der Waals surface area contributed by atoms with Crippen LogP contribution >= 0.6 is 0 Å². The average Bonchev–Trinajstić information content (AvgIpc) is 3.00. The smallest absolute Gasteiger partial charge is 0.406 e. The van der Waals surface area contributed by atoms with Crippen LogP contribution in [0.2, 0.25) is 0 Å². The number of carboxylic acids is 1. The SMILES string of the molecule is O=C(c1ccc2ccccc2c1)N1CC[C@](C(=O)O)(C(F)(F)F)C1. The molecule has 24 heavy (non-hydrogen) atoms. The van der Waals surface area contributed by atoms with Crippen molar-refractivity contribution in [2.75, 3.05) is 13.1 Å². The Morgan fingerprint density at radius 2 is 1.75 bits per heavy atom. The Kier molecular flexibility index (Phi) is 3.74. The Morgan fingerprint density at radius 3 is 2.33 bits per heavy atom. The van der Waals surface area contributed by atoms with Crippen LogP contribution in [0.15, 0.2) is 42.5 Å². The summed E-state index contributed by atoms with van der Waals surface area (Å²) in [4.78, 5) is 24.6. The first kappa shape index (κ1) is 16.3. The van der Waals surface area contributed by atoms with Crippen molar-refractivity contribution in [3.05, 3.63) is 48.0 Å². The molecule has 1 heterocycles. The fourth-order valence-corrected chi connectivity index (χ4v) is 3.02. The fourth-order valence-electron chi connectivity index (χ4n) is 3.02. The number of alkyl halides is 3. The fraction of sp³-hybridized carbons (Fsp3) is 0.294. The molecule has 1 atom stereocenters. The summed E-state index contributed by atoms with van der Waals surface area (Å²) in [6.45, 7) is -1.10. The van der Waals surface area contributed by atoms with Gasteiger partial charge in [-0.25, -0.2) is 0 Å². The third-order valence-electron chi connectivity index (χ3n) is 4.50. The quantitative estimate of drug-likeness (QED) is 0.915. The van der Waals surface area contributed by atoms with E-state index in [9.17, 15) is 22.8 Å². The molecule has 2 aromatic rings. The number of amides is 1. The van der Waals surface area contributed by atoms with Gasteiger partial charge in [0.2, 0.25) is 0 Å². The van der Waals surface area contributed by atoms with E-state index in [2.05, 4.69) is 0 Å². The molecule has 1 aliphatic heterocycles. The summed E-state index contributed by atoms with van der Waals surface area (Å²) in [5.41, 5.74) is -2.64. The van der Waals surface area contributed by atoms with Crippen LogP contribution in [0.5, 0.6) is 0 Å². The number of carbonyl (C=O) groups excluding carboxylic acids is 1. The van der Waals surface area contributed by atoms with E-state index in [1.54, 1.807) is 30.3 Å². The first-order chi connectivity index (χ1) is 11.2. The molecule has 3 rings (SSSR count). The van der Waals surface area contributed by atoms with Crippen LogP contribution < -0.4 is 0 Å². The highest BCUT2D eigenvalue weighted by Gasteiger charge is 2.64. The molecular formula is C17H14F3NO3. The lowest BCUT2D eigenvalue weighted by Crippen LogP contribution is -2.47. The van der Waals surface area contributed by atoms with Gasteiger partial charge in [0.05, 0.1) is 0 Å². The van der Waals surface area contributed by atoms with Crippen LogP contribution in [0.4, 0.5) is 13.2 Å². The maximum Gasteiger partial charge on any atom is 0.406 e. The molecule has 1 saturated heterocycles. The Labute approximate surface area is 135 Å². The van der Waals surface area contributed by atoms with E-state index in [4.69, 9.17) is 5.11 Å². The summed E-state index contributed by atoms with van der Waals surface area (Å²) < 4.78 is 39.6. The zero-order valence-corrected chi connectivity index (χ0v) is 12.5. The minimum absolute atomic E-state index is 0.239. The largest absolute Gasteiger partial charge is 0.481 e. The molecule has 1 fully saturated rings. The molecule has 0 saturated carbocycles. The molecule has 1 amide bonds. The third-order valence-corrected chi connectivity index (χ3v) is 4.50. The van der Waals surface area contributed by atoms with Gasteiger partial charge in [-0.3, -0.25) is 9.59 Å². The van der Waals surface area contributed by atoms with Crippen LogP contribution in [-0.2, 0) is 4.79 Å². The molecule has 0 aromatic heterocycles. The highest BCUT2D eigenvalue weighted by molar-refractivity contribution is 5.99. The van der Waals surface area contributed by atoms with E-state index in [-0.39, 0.29) is 12.1 Å². The number of rotatable bonds is 2. The molecule has 2 aromatic carbocycles. The average molecular weight is 337 g/mol.